The van der Waals surface area contributed by atoms with Gasteiger partial charge in [0.15, 0.2) is 4.77 Å². The summed E-state index contributed by atoms with van der Waals surface area (Å²) in [6.45, 7) is 5.84. The topological polar surface area (TPSA) is 61.3 Å². The van der Waals surface area contributed by atoms with Gasteiger partial charge in [-0.05, 0) is 80.6 Å². The van der Waals surface area contributed by atoms with Gasteiger partial charge in [0.25, 0.3) is 5.56 Å². The summed E-state index contributed by atoms with van der Waals surface area (Å²) in [7, 11) is 0. The first-order valence-corrected chi connectivity index (χ1v) is 13.2. The summed E-state index contributed by atoms with van der Waals surface area (Å²) in [6.07, 6.45) is 3.62. The van der Waals surface area contributed by atoms with Crippen molar-refractivity contribution in [1.82, 2.24) is 14.5 Å². The Morgan fingerprint density at radius 1 is 1.06 bits per heavy atom. The highest BCUT2D eigenvalue weighted by atomic mass is 35.5. The number of aromatic nitrogens is 2. The molecule has 6 nitrogen and oxygen atoms in total. The number of aromatic amines is 1. The first-order chi connectivity index (χ1) is 16.9. The third-order valence-corrected chi connectivity index (χ3v) is 8.19. The highest BCUT2D eigenvalue weighted by molar-refractivity contribution is 7.71. The molecule has 1 aromatic heterocycles. The molecule has 3 aromatic rings. The van der Waals surface area contributed by atoms with E-state index in [-0.39, 0.29) is 17.4 Å². The second-order valence-electron chi connectivity index (χ2n) is 9.85. The molecule has 1 saturated carbocycles. The number of hydrogen-bond donors (Lipinski definition) is 1. The zero-order valence-electron chi connectivity index (χ0n) is 20.0. The number of hydrogen-bond acceptors (Lipinski definition) is 4. The van der Waals surface area contributed by atoms with Crippen LogP contribution in [0, 0.1) is 23.5 Å². The fourth-order valence-corrected chi connectivity index (χ4v) is 6.00. The molecule has 1 N–H and O–H groups in total. The fraction of sp³-hybridized carbons (Fsp3) is 0.444. The number of benzene rings is 2. The number of anilines is 1. The number of carbonyl (C=O) groups is 1. The van der Waals surface area contributed by atoms with Crippen LogP contribution in [0.1, 0.15) is 31.2 Å². The Morgan fingerprint density at radius 2 is 1.77 bits per heavy atom. The Balaban J connectivity index is 1.17. The first kappa shape index (κ1) is 24.1. The van der Waals surface area contributed by atoms with E-state index in [1.807, 2.05) is 47.4 Å². The number of halogens is 1. The summed E-state index contributed by atoms with van der Waals surface area (Å²) in [6, 6.07) is 13.5. The van der Waals surface area contributed by atoms with E-state index in [0.717, 1.165) is 68.1 Å². The molecule has 184 valence electrons. The highest BCUT2D eigenvalue weighted by Gasteiger charge is 2.31. The van der Waals surface area contributed by atoms with Crippen molar-refractivity contribution >= 4 is 46.3 Å². The van der Waals surface area contributed by atoms with Gasteiger partial charge in [-0.25, -0.2) is 0 Å². The number of rotatable bonds is 4. The lowest BCUT2D eigenvalue weighted by Crippen LogP contribution is -2.51. The highest BCUT2D eigenvalue weighted by Crippen LogP contribution is 2.32. The molecular formula is C27H31ClN4O2S. The van der Waals surface area contributed by atoms with Crippen LogP contribution in [-0.4, -0.2) is 46.5 Å². The Kier molecular flexibility index (Phi) is 6.98. The second-order valence-corrected chi connectivity index (χ2v) is 10.7. The van der Waals surface area contributed by atoms with Crippen LogP contribution in [0.25, 0.3) is 10.9 Å². The standard InChI is InChI=1S/C27H31ClN4O2S/c1-18-6-11-21(28)16-24(18)30-12-14-31(15-13-30)25(33)20-9-7-19(8-10-20)17-32-26(34)22-4-2-3-5-23(22)29-27(32)35/h2-6,11,16,19-20H,7-10,12-15,17H2,1H3,(H,29,35). The molecule has 2 aromatic carbocycles. The van der Waals surface area contributed by atoms with Gasteiger partial charge in [0.1, 0.15) is 0 Å². The third-order valence-electron chi connectivity index (χ3n) is 7.63. The number of amides is 1. The van der Waals surface area contributed by atoms with E-state index in [4.69, 9.17) is 23.8 Å². The van der Waals surface area contributed by atoms with Crippen molar-refractivity contribution in [3.05, 3.63) is 68.2 Å². The van der Waals surface area contributed by atoms with E-state index in [9.17, 15) is 9.59 Å². The molecule has 1 aliphatic heterocycles. The summed E-state index contributed by atoms with van der Waals surface area (Å²) < 4.78 is 2.17. The summed E-state index contributed by atoms with van der Waals surface area (Å²) in [4.78, 5) is 33.8. The van der Waals surface area contributed by atoms with E-state index in [0.29, 0.717) is 22.6 Å². The Morgan fingerprint density at radius 3 is 2.51 bits per heavy atom. The lowest BCUT2D eigenvalue weighted by molar-refractivity contribution is -0.137. The zero-order valence-corrected chi connectivity index (χ0v) is 21.6. The summed E-state index contributed by atoms with van der Waals surface area (Å²) in [5.41, 5.74) is 3.11. The number of carbonyl (C=O) groups excluding carboxylic acids is 1. The maximum absolute atomic E-state index is 13.2. The van der Waals surface area contributed by atoms with Gasteiger partial charge in [-0.2, -0.15) is 0 Å². The van der Waals surface area contributed by atoms with Crippen LogP contribution in [0.5, 0.6) is 0 Å². The molecule has 0 atom stereocenters. The first-order valence-electron chi connectivity index (χ1n) is 12.4. The number of nitrogens with zero attached hydrogens (tertiary/aromatic N) is 3. The predicted molar refractivity (Wildman–Crippen MR) is 144 cm³/mol. The van der Waals surface area contributed by atoms with Crippen LogP contribution in [0.4, 0.5) is 5.69 Å². The van der Waals surface area contributed by atoms with Crippen molar-refractivity contribution in [1.29, 1.82) is 0 Å². The fourth-order valence-electron chi connectivity index (χ4n) is 5.56. The molecule has 0 spiro atoms. The van der Waals surface area contributed by atoms with Crippen LogP contribution < -0.4 is 10.5 Å². The van der Waals surface area contributed by atoms with Gasteiger partial charge in [-0.3, -0.25) is 14.2 Å². The minimum Gasteiger partial charge on any atom is -0.368 e. The summed E-state index contributed by atoms with van der Waals surface area (Å²) in [5.74, 6) is 0.718. The van der Waals surface area contributed by atoms with Crippen LogP contribution >= 0.6 is 23.8 Å². The largest absolute Gasteiger partial charge is 0.368 e. The maximum atomic E-state index is 13.2. The molecule has 0 bridgehead atoms. The molecule has 1 amide bonds. The third kappa shape index (κ3) is 5.02. The Bertz CT molecular complexity index is 1350. The van der Waals surface area contributed by atoms with Gasteiger partial charge in [0, 0.05) is 49.4 Å². The van der Waals surface area contributed by atoms with Crippen LogP contribution in [0.2, 0.25) is 5.02 Å². The van der Waals surface area contributed by atoms with E-state index in [1.54, 1.807) is 4.57 Å². The quantitative estimate of drug-likeness (QED) is 0.491. The minimum absolute atomic E-state index is 0.0321. The molecule has 2 heterocycles. The molecule has 0 unspecified atom stereocenters. The van der Waals surface area contributed by atoms with E-state index in [1.165, 1.54) is 5.56 Å². The van der Waals surface area contributed by atoms with Gasteiger partial charge in [0.05, 0.1) is 10.9 Å². The van der Waals surface area contributed by atoms with Gasteiger partial charge < -0.3 is 14.8 Å². The molecule has 0 radical (unpaired) electrons. The number of para-hydroxylation sites is 1. The predicted octanol–water partition coefficient (Wildman–Crippen LogP) is 5.18. The van der Waals surface area contributed by atoms with Crippen LogP contribution in [-0.2, 0) is 11.3 Å². The van der Waals surface area contributed by atoms with Crippen LogP contribution in [0.15, 0.2) is 47.3 Å². The molecule has 35 heavy (non-hydrogen) atoms. The van der Waals surface area contributed by atoms with Crippen molar-refractivity contribution in [2.75, 3.05) is 31.1 Å². The molecule has 2 aliphatic rings. The van der Waals surface area contributed by atoms with Crippen molar-refractivity contribution in [2.45, 2.75) is 39.2 Å². The van der Waals surface area contributed by atoms with E-state index in [2.05, 4.69) is 16.8 Å². The van der Waals surface area contributed by atoms with Crippen molar-refractivity contribution < 1.29 is 4.79 Å². The average Bonchev–Trinajstić information content (AvgIpc) is 2.88. The normalized spacial score (nSPS) is 20.9. The smallest absolute Gasteiger partial charge is 0.262 e. The minimum atomic E-state index is -0.0321. The lowest BCUT2D eigenvalue weighted by Gasteiger charge is -2.39. The van der Waals surface area contributed by atoms with Crippen molar-refractivity contribution in [3.63, 3.8) is 0 Å². The van der Waals surface area contributed by atoms with Gasteiger partial charge >= 0.3 is 0 Å². The molecule has 8 heteroatoms. The molecular weight excluding hydrogens is 480 g/mol. The average molecular weight is 511 g/mol. The Labute approximate surface area is 215 Å². The van der Waals surface area contributed by atoms with E-state index < -0.39 is 0 Å². The van der Waals surface area contributed by atoms with Gasteiger partial charge in [0.2, 0.25) is 5.91 Å². The lowest BCUT2D eigenvalue weighted by atomic mass is 9.81. The van der Waals surface area contributed by atoms with Gasteiger partial charge in [-0.15, -0.1) is 0 Å². The number of aryl methyl sites for hydroxylation is 1. The Hall–Kier alpha value is -2.64. The molecule has 2 fully saturated rings. The molecule has 1 saturated heterocycles. The number of nitrogens with one attached hydrogen (secondary N) is 1. The number of fused-ring (bicyclic) bond motifs is 1. The number of H-pyrrole nitrogens is 1. The maximum Gasteiger partial charge on any atom is 0.262 e. The van der Waals surface area contributed by atoms with E-state index >= 15 is 0 Å². The molecule has 1 aliphatic carbocycles. The zero-order chi connectivity index (χ0) is 24.5. The molecule has 5 rings (SSSR count). The number of piperazine rings is 1. The second kappa shape index (κ2) is 10.2. The monoisotopic (exact) mass is 510 g/mol. The summed E-state index contributed by atoms with van der Waals surface area (Å²) in [5, 5.41) is 1.41. The van der Waals surface area contributed by atoms with Crippen molar-refractivity contribution in [3.8, 4) is 0 Å². The van der Waals surface area contributed by atoms with Gasteiger partial charge in [-0.1, -0.05) is 29.8 Å². The van der Waals surface area contributed by atoms with Crippen molar-refractivity contribution in [2.24, 2.45) is 11.8 Å². The SMILES string of the molecule is Cc1ccc(Cl)cc1N1CCN(C(=O)C2CCC(Cn3c(=S)[nH]c4ccccc4c3=O)CC2)CC1. The van der Waals surface area contributed by atoms with Crippen LogP contribution in [0.3, 0.4) is 0 Å². The summed E-state index contributed by atoms with van der Waals surface area (Å²) >= 11 is 11.7.